The first-order valence-corrected chi connectivity index (χ1v) is 8.16. The molecular weight excluding hydrogens is 278 g/mol. The van der Waals surface area contributed by atoms with Gasteiger partial charge >= 0.3 is 0 Å². The maximum absolute atomic E-state index is 11.3. The Balaban J connectivity index is 1.65. The number of hydrogen-bond acceptors (Lipinski definition) is 4. The molecule has 0 unspecified atom stereocenters. The summed E-state index contributed by atoms with van der Waals surface area (Å²) in [7, 11) is 0. The van der Waals surface area contributed by atoms with Crippen LogP contribution >= 0.6 is 0 Å². The molecule has 1 aliphatic rings. The lowest BCUT2D eigenvalue weighted by molar-refractivity contribution is -0.0682. The average molecular weight is 305 g/mol. The van der Waals surface area contributed by atoms with Gasteiger partial charge in [-0.25, -0.2) is 0 Å². The molecule has 1 heterocycles. The molecule has 122 valence electrons. The molecule has 0 aromatic heterocycles. The van der Waals surface area contributed by atoms with Crippen molar-refractivity contribution in [2.45, 2.75) is 45.8 Å². The van der Waals surface area contributed by atoms with Crippen LogP contribution in [0.1, 0.15) is 44.0 Å². The highest BCUT2D eigenvalue weighted by molar-refractivity contribution is 5.94. The highest BCUT2D eigenvalue weighted by Gasteiger charge is 2.21. The summed E-state index contributed by atoms with van der Waals surface area (Å²) < 4.78 is 11.5. The van der Waals surface area contributed by atoms with E-state index in [1.165, 1.54) is 0 Å². The van der Waals surface area contributed by atoms with Crippen molar-refractivity contribution in [1.29, 1.82) is 0 Å². The quantitative estimate of drug-likeness (QED) is 0.573. The van der Waals surface area contributed by atoms with Crippen molar-refractivity contribution >= 4 is 5.78 Å². The van der Waals surface area contributed by atoms with E-state index in [9.17, 15) is 4.79 Å². The maximum atomic E-state index is 11.3. The minimum absolute atomic E-state index is 0.0704. The molecule has 1 aromatic rings. The predicted molar refractivity (Wildman–Crippen MR) is 87.6 cm³/mol. The summed E-state index contributed by atoms with van der Waals surface area (Å²) in [6.07, 6.45) is 2.79. The normalized spacial score (nSPS) is 22.5. The summed E-state index contributed by atoms with van der Waals surface area (Å²) in [5.41, 5.74) is 0.703. The van der Waals surface area contributed by atoms with Crippen LogP contribution in [0.5, 0.6) is 5.75 Å². The molecule has 1 fully saturated rings. The van der Waals surface area contributed by atoms with E-state index < -0.39 is 0 Å². The van der Waals surface area contributed by atoms with Crippen LogP contribution in [0.4, 0.5) is 0 Å². The molecule has 0 saturated carbocycles. The van der Waals surface area contributed by atoms with Gasteiger partial charge in [-0.2, -0.15) is 0 Å². The number of unbranched alkanes of at least 4 members (excludes halogenated alkanes) is 1. The third-order valence-corrected chi connectivity index (χ3v) is 3.87. The number of Topliss-reactive ketones (excluding diaryl/α,β-unsaturated/α-hetero) is 1. The number of ketones is 1. The largest absolute Gasteiger partial charge is 0.494 e. The van der Waals surface area contributed by atoms with Crippen molar-refractivity contribution < 1.29 is 14.3 Å². The molecule has 0 spiro atoms. The second-order valence-electron chi connectivity index (χ2n) is 6.16. The number of carbonyl (C=O) groups is 1. The lowest BCUT2D eigenvalue weighted by Gasteiger charge is -2.35. The fraction of sp³-hybridized carbons (Fsp3) is 0.611. The monoisotopic (exact) mass is 305 g/mol. The Morgan fingerprint density at radius 3 is 2.68 bits per heavy atom. The van der Waals surface area contributed by atoms with E-state index in [0.29, 0.717) is 24.4 Å². The van der Waals surface area contributed by atoms with Gasteiger partial charge in [0.2, 0.25) is 0 Å². The second kappa shape index (κ2) is 8.30. The lowest BCUT2D eigenvalue weighted by atomic mass is 10.1. The zero-order chi connectivity index (χ0) is 15.9. The standard InChI is InChI=1S/C18H27NO3/c1-14-12-19(13-15(2)22-14)9-4-5-10-21-18-8-6-7-17(11-18)16(3)20/h6-8,11,14-15H,4-5,9-10,12-13H2,1-3H3/t14-,15-/m1/s1. The van der Waals surface area contributed by atoms with Crippen LogP contribution in [0.3, 0.4) is 0 Å². The van der Waals surface area contributed by atoms with Crippen LogP contribution in [-0.4, -0.2) is 49.1 Å². The Kier molecular flexibility index (Phi) is 6.40. The topological polar surface area (TPSA) is 38.8 Å². The maximum Gasteiger partial charge on any atom is 0.159 e. The van der Waals surface area contributed by atoms with Crippen molar-refractivity contribution in [3.63, 3.8) is 0 Å². The van der Waals surface area contributed by atoms with E-state index in [1.807, 2.05) is 24.3 Å². The molecule has 0 N–H and O–H groups in total. The van der Waals surface area contributed by atoms with Crippen LogP contribution in [0.15, 0.2) is 24.3 Å². The van der Waals surface area contributed by atoms with Crippen LogP contribution < -0.4 is 4.74 Å². The van der Waals surface area contributed by atoms with Gasteiger partial charge < -0.3 is 9.47 Å². The van der Waals surface area contributed by atoms with Crippen molar-refractivity contribution in [2.24, 2.45) is 0 Å². The average Bonchev–Trinajstić information content (AvgIpc) is 2.46. The molecule has 1 aliphatic heterocycles. The Hall–Kier alpha value is -1.39. The van der Waals surface area contributed by atoms with E-state index in [1.54, 1.807) is 6.92 Å². The third-order valence-electron chi connectivity index (χ3n) is 3.87. The van der Waals surface area contributed by atoms with Gasteiger partial charge in [-0.15, -0.1) is 0 Å². The van der Waals surface area contributed by atoms with Crippen molar-refractivity contribution in [3.05, 3.63) is 29.8 Å². The van der Waals surface area contributed by atoms with Crippen molar-refractivity contribution in [3.8, 4) is 5.75 Å². The second-order valence-corrected chi connectivity index (χ2v) is 6.16. The first-order chi connectivity index (χ1) is 10.5. The molecule has 0 aliphatic carbocycles. The van der Waals surface area contributed by atoms with Gasteiger partial charge in [-0.05, 0) is 52.3 Å². The molecule has 22 heavy (non-hydrogen) atoms. The molecule has 0 radical (unpaired) electrons. The molecule has 2 atom stereocenters. The fourth-order valence-electron chi connectivity index (χ4n) is 2.90. The summed E-state index contributed by atoms with van der Waals surface area (Å²) in [6.45, 7) is 9.66. The van der Waals surface area contributed by atoms with Crippen LogP contribution in [0.2, 0.25) is 0 Å². The zero-order valence-corrected chi connectivity index (χ0v) is 13.9. The first-order valence-electron chi connectivity index (χ1n) is 8.16. The van der Waals surface area contributed by atoms with Gasteiger partial charge in [0.05, 0.1) is 18.8 Å². The zero-order valence-electron chi connectivity index (χ0n) is 13.9. The van der Waals surface area contributed by atoms with E-state index in [0.717, 1.165) is 38.2 Å². The predicted octanol–water partition coefficient (Wildman–Crippen LogP) is 3.16. The fourth-order valence-corrected chi connectivity index (χ4v) is 2.90. The van der Waals surface area contributed by atoms with Gasteiger partial charge in [0.1, 0.15) is 5.75 Å². The molecule has 1 aromatic carbocycles. The number of carbonyl (C=O) groups excluding carboxylic acids is 1. The number of hydrogen-bond donors (Lipinski definition) is 0. The summed E-state index contributed by atoms with van der Waals surface area (Å²) in [6, 6.07) is 7.39. The van der Waals surface area contributed by atoms with Gasteiger partial charge in [0.15, 0.2) is 5.78 Å². The Morgan fingerprint density at radius 1 is 1.27 bits per heavy atom. The molecule has 4 heteroatoms. The van der Waals surface area contributed by atoms with Gasteiger partial charge in [0.25, 0.3) is 0 Å². The minimum Gasteiger partial charge on any atom is -0.494 e. The molecule has 2 rings (SSSR count). The Morgan fingerprint density at radius 2 is 2.00 bits per heavy atom. The Bertz CT molecular complexity index is 479. The van der Waals surface area contributed by atoms with E-state index in [2.05, 4.69) is 18.7 Å². The highest BCUT2D eigenvalue weighted by atomic mass is 16.5. The lowest BCUT2D eigenvalue weighted by Crippen LogP contribution is -2.45. The van der Waals surface area contributed by atoms with Gasteiger partial charge in [-0.1, -0.05) is 12.1 Å². The number of ether oxygens (including phenoxy) is 2. The van der Waals surface area contributed by atoms with E-state index in [4.69, 9.17) is 9.47 Å². The molecule has 1 saturated heterocycles. The summed E-state index contributed by atoms with van der Waals surface area (Å²) in [5, 5.41) is 0. The van der Waals surface area contributed by atoms with Gasteiger partial charge in [0, 0.05) is 18.7 Å². The Labute approximate surface area is 133 Å². The van der Waals surface area contributed by atoms with E-state index >= 15 is 0 Å². The molecule has 0 bridgehead atoms. The highest BCUT2D eigenvalue weighted by Crippen LogP contribution is 2.15. The van der Waals surface area contributed by atoms with Crippen molar-refractivity contribution in [1.82, 2.24) is 4.90 Å². The molecule has 0 amide bonds. The minimum atomic E-state index is 0.0704. The smallest absolute Gasteiger partial charge is 0.159 e. The SMILES string of the molecule is CC(=O)c1cccc(OCCCCN2C[C@@H](C)O[C@H](C)C2)c1. The number of morpholine rings is 1. The first kappa shape index (κ1) is 17.0. The van der Waals surface area contributed by atoms with E-state index in [-0.39, 0.29) is 5.78 Å². The number of nitrogens with zero attached hydrogens (tertiary/aromatic N) is 1. The van der Waals surface area contributed by atoms with Crippen LogP contribution in [-0.2, 0) is 4.74 Å². The summed E-state index contributed by atoms with van der Waals surface area (Å²) in [4.78, 5) is 13.8. The van der Waals surface area contributed by atoms with Crippen molar-refractivity contribution in [2.75, 3.05) is 26.2 Å². The molecular formula is C18H27NO3. The number of rotatable bonds is 7. The van der Waals surface area contributed by atoms with Crippen LogP contribution in [0.25, 0.3) is 0 Å². The molecule has 4 nitrogen and oxygen atoms in total. The van der Waals surface area contributed by atoms with Gasteiger partial charge in [-0.3, -0.25) is 9.69 Å². The number of benzene rings is 1. The summed E-state index contributed by atoms with van der Waals surface area (Å²) >= 11 is 0. The summed E-state index contributed by atoms with van der Waals surface area (Å²) in [5.74, 6) is 0.849. The third kappa shape index (κ3) is 5.43. The van der Waals surface area contributed by atoms with Crippen LogP contribution in [0, 0.1) is 0 Å².